The van der Waals surface area contributed by atoms with Crippen LogP contribution in [0.25, 0.3) is 0 Å². The molecule has 2 aromatic carbocycles. The van der Waals surface area contributed by atoms with E-state index < -0.39 is 23.8 Å². The summed E-state index contributed by atoms with van der Waals surface area (Å²) in [6, 6.07) is 13.9. The minimum Gasteiger partial charge on any atom is -0.495 e. The number of ether oxygens (including phenoxy) is 1. The highest BCUT2D eigenvalue weighted by molar-refractivity contribution is 6.33. The smallest absolute Gasteiger partial charge is 0.335 e. The van der Waals surface area contributed by atoms with Crippen molar-refractivity contribution in [1.82, 2.24) is 5.32 Å². The molecule has 1 saturated heterocycles. The second-order valence-electron chi connectivity index (χ2n) is 5.55. The lowest BCUT2D eigenvalue weighted by Crippen LogP contribution is -2.58. The second-order valence-corrected chi connectivity index (χ2v) is 5.55. The number of amides is 4. The van der Waals surface area contributed by atoms with Crippen LogP contribution in [0.15, 0.2) is 53.5 Å². The third-order valence-corrected chi connectivity index (χ3v) is 3.90. The van der Waals surface area contributed by atoms with Gasteiger partial charge in [0.2, 0.25) is 5.91 Å². The van der Waals surface area contributed by atoms with E-state index in [1.807, 2.05) is 6.07 Å². The van der Waals surface area contributed by atoms with Gasteiger partial charge in [0, 0.05) is 6.21 Å². The number of rotatable bonds is 4. The lowest BCUT2D eigenvalue weighted by molar-refractivity contribution is -0.131. The number of nitrogens with zero attached hydrogens (tertiary/aromatic N) is 3. The molecule has 0 aliphatic carbocycles. The molecular formula is C19H14N4O4. The molecule has 1 aliphatic heterocycles. The summed E-state index contributed by atoms with van der Waals surface area (Å²) in [7, 11) is 1.42. The minimum atomic E-state index is -1.27. The first-order chi connectivity index (χ1) is 13.0. The lowest BCUT2D eigenvalue weighted by atomic mass is 10.1. The van der Waals surface area contributed by atoms with Crippen molar-refractivity contribution in [3.8, 4) is 11.8 Å². The average molecular weight is 362 g/mol. The zero-order chi connectivity index (χ0) is 19.4. The molecule has 1 N–H and O–H groups in total. The van der Waals surface area contributed by atoms with Crippen molar-refractivity contribution in [2.45, 2.75) is 0 Å². The number of hydrogen-bond donors (Lipinski definition) is 1. The average Bonchev–Trinajstić information content (AvgIpc) is 2.68. The van der Waals surface area contributed by atoms with E-state index in [4.69, 9.17) is 10.00 Å². The maximum atomic E-state index is 12.8. The number of benzene rings is 2. The fourth-order valence-electron chi connectivity index (χ4n) is 2.55. The van der Waals surface area contributed by atoms with Crippen LogP contribution in [0.2, 0.25) is 0 Å². The summed E-state index contributed by atoms with van der Waals surface area (Å²) in [5.41, 5.74) is 1.16. The Hall–Kier alpha value is -3.99. The quantitative estimate of drug-likeness (QED) is 0.662. The molecule has 0 radical (unpaired) electrons. The van der Waals surface area contributed by atoms with Gasteiger partial charge in [0.1, 0.15) is 5.75 Å². The van der Waals surface area contributed by atoms with Gasteiger partial charge < -0.3 is 4.74 Å². The minimum absolute atomic E-state index is 0.228. The van der Waals surface area contributed by atoms with Crippen molar-refractivity contribution >= 4 is 35.4 Å². The van der Waals surface area contributed by atoms with E-state index in [1.165, 1.54) is 13.3 Å². The first kappa shape index (κ1) is 17.8. The third-order valence-electron chi connectivity index (χ3n) is 3.90. The van der Waals surface area contributed by atoms with Crippen LogP contribution in [0, 0.1) is 17.2 Å². The highest BCUT2D eigenvalue weighted by Crippen LogP contribution is 2.30. The third kappa shape index (κ3) is 3.52. The van der Waals surface area contributed by atoms with E-state index in [0.29, 0.717) is 17.0 Å². The molecule has 8 nitrogen and oxygen atoms in total. The molecule has 0 spiro atoms. The fraction of sp³-hybridized carbons (Fsp3) is 0.105. The standard InChI is InChI=1S/C19H14N4O4/c1-27-16-5-3-2-4-15(16)23-18(25)14(17(24)22-19(23)26)11-21-13-8-6-12(10-20)7-9-13/h2-9,11,14H,1H3,(H,22,24,26)/t14-/m1/s1. The monoisotopic (exact) mass is 362 g/mol. The molecule has 8 heteroatoms. The van der Waals surface area contributed by atoms with E-state index in [1.54, 1.807) is 48.5 Å². The van der Waals surface area contributed by atoms with Crippen LogP contribution in [-0.2, 0) is 9.59 Å². The lowest BCUT2D eigenvalue weighted by Gasteiger charge is -2.29. The van der Waals surface area contributed by atoms with Crippen LogP contribution in [0.4, 0.5) is 16.2 Å². The van der Waals surface area contributed by atoms with Crippen molar-refractivity contribution in [1.29, 1.82) is 5.26 Å². The molecular weight excluding hydrogens is 348 g/mol. The number of imide groups is 2. The van der Waals surface area contributed by atoms with Gasteiger partial charge in [-0.1, -0.05) is 12.1 Å². The molecule has 0 bridgehead atoms. The summed E-state index contributed by atoms with van der Waals surface area (Å²) in [6.07, 6.45) is 1.17. The Balaban J connectivity index is 1.90. The first-order valence-corrected chi connectivity index (χ1v) is 7.91. The second kappa shape index (κ2) is 7.49. The number of hydrogen-bond acceptors (Lipinski definition) is 6. The maximum Gasteiger partial charge on any atom is 0.335 e. The predicted molar refractivity (Wildman–Crippen MR) is 96.8 cm³/mol. The highest BCUT2D eigenvalue weighted by atomic mass is 16.5. The van der Waals surface area contributed by atoms with Gasteiger partial charge in [-0.15, -0.1) is 0 Å². The molecule has 134 valence electrons. The Morgan fingerprint density at radius 1 is 1.15 bits per heavy atom. The topological polar surface area (TPSA) is 112 Å². The Labute approximate surface area is 154 Å². The molecule has 1 atom stereocenters. The fourth-order valence-corrected chi connectivity index (χ4v) is 2.55. The van der Waals surface area contributed by atoms with Crippen molar-refractivity contribution in [2.75, 3.05) is 12.0 Å². The largest absolute Gasteiger partial charge is 0.495 e. The Kier molecular flexibility index (Phi) is 4.95. The number of nitriles is 1. The number of aliphatic imine (C=N–C) groups is 1. The first-order valence-electron chi connectivity index (χ1n) is 7.91. The zero-order valence-corrected chi connectivity index (χ0v) is 14.2. The van der Waals surface area contributed by atoms with E-state index in [2.05, 4.69) is 10.3 Å². The van der Waals surface area contributed by atoms with Gasteiger partial charge in [-0.05, 0) is 36.4 Å². The number of carbonyl (C=O) groups is 3. The van der Waals surface area contributed by atoms with Crippen LogP contribution >= 0.6 is 0 Å². The number of anilines is 1. The normalized spacial score (nSPS) is 17.0. The molecule has 3 rings (SSSR count). The summed E-state index contributed by atoms with van der Waals surface area (Å²) in [5.74, 6) is -2.44. The van der Waals surface area contributed by atoms with Gasteiger partial charge in [0.05, 0.1) is 30.1 Å². The van der Waals surface area contributed by atoms with Crippen molar-refractivity contribution in [3.05, 3.63) is 54.1 Å². The van der Waals surface area contributed by atoms with Crippen LogP contribution in [0.1, 0.15) is 5.56 Å². The van der Waals surface area contributed by atoms with E-state index in [9.17, 15) is 14.4 Å². The highest BCUT2D eigenvalue weighted by Gasteiger charge is 2.41. The molecule has 1 aliphatic rings. The van der Waals surface area contributed by atoms with Crippen LogP contribution in [0.3, 0.4) is 0 Å². The van der Waals surface area contributed by atoms with E-state index in [0.717, 1.165) is 4.90 Å². The molecule has 0 unspecified atom stereocenters. The molecule has 0 saturated carbocycles. The number of carbonyl (C=O) groups excluding carboxylic acids is 3. The predicted octanol–water partition coefficient (Wildman–Crippen LogP) is 2.17. The van der Waals surface area contributed by atoms with Gasteiger partial charge in [-0.25, -0.2) is 9.69 Å². The Bertz CT molecular complexity index is 976. The molecule has 1 fully saturated rings. The Morgan fingerprint density at radius 3 is 2.52 bits per heavy atom. The summed E-state index contributed by atoms with van der Waals surface area (Å²) in [6.45, 7) is 0. The molecule has 4 amide bonds. The number of para-hydroxylation sites is 2. The maximum absolute atomic E-state index is 12.8. The molecule has 27 heavy (non-hydrogen) atoms. The molecule has 2 aromatic rings. The van der Waals surface area contributed by atoms with Gasteiger partial charge in [-0.2, -0.15) is 5.26 Å². The summed E-state index contributed by atoms with van der Waals surface area (Å²) < 4.78 is 5.19. The van der Waals surface area contributed by atoms with Crippen molar-refractivity contribution < 1.29 is 19.1 Å². The summed E-state index contributed by atoms with van der Waals surface area (Å²) >= 11 is 0. The van der Waals surface area contributed by atoms with Crippen LogP contribution < -0.4 is 15.0 Å². The SMILES string of the molecule is COc1ccccc1N1C(=O)NC(=O)[C@@H](C=Nc2ccc(C#N)cc2)C1=O. The van der Waals surface area contributed by atoms with E-state index >= 15 is 0 Å². The van der Waals surface area contributed by atoms with Gasteiger partial charge in [-0.3, -0.25) is 19.9 Å². The Morgan fingerprint density at radius 2 is 1.85 bits per heavy atom. The number of barbiturate groups is 1. The number of methoxy groups -OCH3 is 1. The number of urea groups is 1. The van der Waals surface area contributed by atoms with Gasteiger partial charge in [0.25, 0.3) is 5.91 Å². The zero-order valence-electron chi connectivity index (χ0n) is 14.2. The van der Waals surface area contributed by atoms with E-state index in [-0.39, 0.29) is 5.69 Å². The van der Waals surface area contributed by atoms with Gasteiger partial charge in [0.15, 0.2) is 5.92 Å². The van der Waals surface area contributed by atoms with Gasteiger partial charge >= 0.3 is 6.03 Å². The van der Waals surface area contributed by atoms with Crippen LogP contribution in [-0.4, -0.2) is 31.2 Å². The van der Waals surface area contributed by atoms with Crippen LogP contribution in [0.5, 0.6) is 5.75 Å². The molecule has 0 aromatic heterocycles. The number of nitrogens with one attached hydrogen (secondary N) is 1. The summed E-state index contributed by atoms with van der Waals surface area (Å²) in [4.78, 5) is 42.1. The van der Waals surface area contributed by atoms with Crippen molar-refractivity contribution in [3.63, 3.8) is 0 Å². The summed E-state index contributed by atoms with van der Waals surface area (Å²) in [5, 5.41) is 11.0. The molecule has 1 heterocycles. The van der Waals surface area contributed by atoms with Crippen molar-refractivity contribution in [2.24, 2.45) is 10.9 Å².